The number of hydrogen-bond acceptors (Lipinski definition) is 4. The minimum atomic E-state index is -0.633. The highest BCUT2D eigenvalue weighted by atomic mass is 16.6. The molecular weight excluding hydrogens is 268 g/mol. The van der Waals surface area contributed by atoms with Crippen LogP contribution in [-0.4, -0.2) is 17.0 Å². The number of benzene rings is 2. The Labute approximate surface area is 121 Å². The number of cyclic esters (lactones) is 2. The Morgan fingerprint density at radius 2 is 1.48 bits per heavy atom. The maximum Gasteiger partial charge on any atom is 0.346 e. The lowest BCUT2D eigenvalue weighted by atomic mass is 10.1. The van der Waals surface area contributed by atoms with Crippen LogP contribution < -0.4 is 0 Å². The first-order valence-electron chi connectivity index (χ1n) is 6.30. The summed E-state index contributed by atoms with van der Waals surface area (Å²) < 4.78 is 4.53. The molecule has 21 heavy (non-hydrogen) atoms. The second-order valence-corrected chi connectivity index (χ2v) is 4.54. The van der Waals surface area contributed by atoms with E-state index in [9.17, 15) is 9.59 Å². The average Bonchev–Trinajstić information content (AvgIpc) is 2.80. The van der Waals surface area contributed by atoms with Crippen LogP contribution in [0.15, 0.2) is 42.5 Å². The van der Waals surface area contributed by atoms with E-state index in [4.69, 9.17) is 5.11 Å². The van der Waals surface area contributed by atoms with Crippen molar-refractivity contribution in [2.45, 2.75) is 6.61 Å². The standard InChI is InChI=1S/C17H10O4/c18-10-13-5-2-11(3-6-13)1-4-12-7-8-14-15(9-12)17(20)21-16(14)19/h2-3,5-9,18H,10H2. The molecule has 0 unspecified atom stereocenters. The molecule has 1 N–H and O–H groups in total. The van der Waals surface area contributed by atoms with Gasteiger partial charge in [0.2, 0.25) is 0 Å². The predicted octanol–water partition coefficient (Wildman–Crippen LogP) is 1.89. The molecule has 0 spiro atoms. The summed E-state index contributed by atoms with van der Waals surface area (Å²) in [4.78, 5) is 22.8. The van der Waals surface area contributed by atoms with Crippen molar-refractivity contribution in [3.05, 3.63) is 70.3 Å². The van der Waals surface area contributed by atoms with Gasteiger partial charge in [-0.15, -0.1) is 0 Å². The van der Waals surface area contributed by atoms with Crippen LogP contribution >= 0.6 is 0 Å². The largest absolute Gasteiger partial charge is 0.392 e. The first kappa shape index (κ1) is 13.1. The summed E-state index contributed by atoms with van der Waals surface area (Å²) in [6, 6.07) is 12.0. The van der Waals surface area contributed by atoms with Gasteiger partial charge in [0.25, 0.3) is 0 Å². The number of esters is 2. The zero-order chi connectivity index (χ0) is 14.8. The third-order valence-electron chi connectivity index (χ3n) is 3.13. The van der Waals surface area contributed by atoms with Gasteiger partial charge in [0.05, 0.1) is 17.7 Å². The molecule has 102 valence electrons. The second kappa shape index (κ2) is 5.23. The van der Waals surface area contributed by atoms with Crippen molar-refractivity contribution >= 4 is 11.9 Å². The molecule has 0 aliphatic carbocycles. The summed E-state index contributed by atoms with van der Waals surface area (Å²) in [5.74, 6) is 4.64. The third kappa shape index (κ3) is 2.55. The fraction of sp³-hybridized carbons (Fsp3) is 0.0588. The molecule has 1 heterocycles. The van der Waals surface area contributed by atoms with E-state index in [1.807, 2.05) is 12.1 Å². The van der Waals surface area contributed by atoms with Gasteiger partial charge in [-0.2, -0.15) is 0 Å². The van der Waals surface area contributed by atoms with Gasteiger partial charge in [0.15, 0.2) is 0 Å². The molecule has 0 fully saturated rings. The molecule has 1 aliphatic rings. The molecule has 1 aliphatic heterocycles. The third-order valence-corrected chi connectivity index (χ3v) is 3.13. The lowest BCUT2D eigenvalue weighted by molar-refractivity contribution is 0.0444. The zero-order valence-electron chi connectivity index (χ0n) is 10.9. The molecule has 2 aromatic carbocycles. The molecule has 4 heteroatoms. The maximum atomic E-state index is 11.5. The van der Waals surface area contributed by atoms with E-state index in [2.05, 4.69) is 16.6 Å². The Morgan fingerprint density at radius 1 is 0.857 bits per heavy atom. The average molecular weight is 278 g/mol. The Hall–Kier alpha value is -2.90. The number of hydrogen-bond donors (Lipinski definition) is 1. The van der Waals surface area contributed by atoms with Crippen molar-refractivity contribution in [3.63, 3.8) is 0 Å². The minimum absolute atomic E-state index is 0.00529. The van der Waals surface area contributed by atoms with Gasteiger partial charge in [0.1, 0.15) is 0 Å². The summed E-state index contributed by atoms with van der Waals surface area (Å²) in [7, 11) is 0. The first-order valence-corrected chi connectivity index (χ1v) is 6.30. The highest BCUT2D eigenvalue weighted by molar-refractivity contribution is 6.14. The normalized spacial score (nSPS) is 12.4. The first-order chi connectivity index (χ1) is 10.2. The van der Waals surface area contributed by atoms with Crippen LogP contribution in [0.1, 0.15) is 37.4 Å². The van der Waals surface area contributed by atoms with Crippen LogP contribution in [0.25, 0.3) is 0 Å². The molecule has 0 saturated heterocycles. The quantitative estimate of drug-likeness (QED) is 0.491. The fourth-order valence-electron chi connectivity index (χ4n) is 2.00. The van der Waals surface area contributed by atoms with Crippen molar-refractivity contribution in [2.24, 2.45) is 0 Å². The SMILES string of the molecule is O=C1OC(=O)c2cc(C#Cc3ccc(CO)cc3)ccc21. The second-order valence-electron chi connectivity index (χ2n) is 4.54. The number of rotatable bonds is 1. The Kier molecular flexibility index (Phi) is 3.27. The molecule has 0 radical (unpaired) electrons. The highest BCUT2D eigenvalue weighted by Gasteiger charge is 2.29. The van der Waals surface area contributed by atoms with E-state index >= 15 is 0 Å². The lowest BCUT2D eigenvalue weighted by Gasteiger charge is -1.95. The van der Waals surface area contributed by atoms with E-state index in [0.29, 0.717) is 5.56 Å². The molecule has 0 bridgehead atoms. The number of carbonyl (C=O) groups is 2. The monoisotopic (exact) mass is 278 g/mol. The lowest BCUT2D eigenvalue weighted by Crippen LogP contribution is -1.96. The van der Waals surface area contributed by atoms with E-state index in [0.717, 1.165) is 11.1 Å². The van der Waals surface area contributed by atoms with Gasteiger partial charge in [0, 0.05) is 11.1 Å². The number of fused-ring (bicyclic) bond motifs is 1. The van der Waals surface area contributed by atoms with E-state index in [-0.39, 0.29) is 17.7 Å². The van der Waals surface area contributed by atoms with Gasteiger partial charge in [-0.05, 0) is 35.9 Å². The summed E-state index contributed by atoms with van der Waals surface area (Å²) in [5, 5.41) is 8.96. The van der Waals surface area contributed by atoms with Gasteiger partial charge in [-0.3, -0.25) is 0 Å². The molecule has 0 aromatic heterocycles. The van der Waals surface area contributed by atoms with Gasteiger partial charge in [-0.25, -0.2) is 9.59 Å². The molecular formula is C17H10O4. The summed E-state index contributed by atoms with van der Waals surface area (Å²) >= 11 is 0. The number of aliphatic hydroxyl groups excluding tert-OH is 1. The predicted molar refractivity (Wildman–Crippen MR) is 74.5 cm³/mol. The van der Waals surface area contributed by atoms with Crippen molar-refractivity contribution in [2.75, 3.05) is 0 Å². The molecule has 0 amide bonds. The maximum absolute atomic E-state index is 11.5. The van der Waals surface area contributed by atoms with Crippen molar-refractivity contribution < 1.29 is 19.4 Å². The summed E-state index contributed by atoms with van der Waals surface area (Å²) in [6.07, 6.45) is 0. The van der Waals surface area contributed by atoms with Crippen LogP contribution in [0.4, 0.5) is 0 Å². The fourth-order valence-corrected chi connectivity index (χ4v) is 2.00. The van der Waals surface area contributed by atoms with Crippen LogP contribution in [0.5, 0.6) is 0 Å². The smallest absolute Gasteiger partial charge is 0.346 e. The number of aliphatic hydroxyl groups is 1. The Balaban J connectivity index is 1.89. The van der Waals surface area contributed by atoms with Crippen molar-refractivity contribution in [1.82, 2.24) is 0 Å². The van der Waals surface area contributed by atoms with Crippen LogP contribution in [0.2, 0.25) is 0 Å². The Bertz CT molecular complexity index is 792. The van der Waals surface area contributed by atoms with Gasteiger partial charge >= 0.3 is 11.9 Å². The van der Waals surface area contributed by atoms with Gasteiger partial charge < -0.3 is 9.84 Å². The van der Waals surface area contributed by atoms with E-state index in [1.165, 1.54) is 0 Å². The summed E-state index contributed by atoms with van der Waals surface area (Å²) in [5.41, 5.74) is 2.78. The Morgan fingerprint density at radius 3 is 2.19 bits per heavy atom. The molecule has 0 saturated carbocycles. The zero-order valence-corrected chi connectivity index (χ0v) is 10.9. The highest BCUT2D eigenvalue weighted by Crippen LogP contribution is 2.20. The number of carbonyl (C=O) groups excluding carboxylic acids is 2. The number of ether oxygens (including phenoxy) is 1. The van der Waals surface area contributed by atoms with Crippen LogP contribution in [0.3, 0.4) is 0 Å². The molecule has 0 atom stereocenters. The summed E-state index contributed by atoms with van der Waals surface area (Å²) in [6.45, 7) is -0.00529. The van der Waals surface area contributed by atoms with Crippen molar-refractivity contribution in [1.29, 1.82) is 0 Å². The van der Waals surface area contributed by atoms with E-state index in [1.54, 1.807) is 30.3 Å². The van der Waals surface area contributed by atoms with E-state index < -0.39 is 11.9 Å². The molecule has 4 nitrogen and oxygen atoms in total. The van der Waals surface area contributed by atoms with Crippen molar-refractivity contribution in [3.8, 4) is 11.8 Å². The minimum Gasteiger partial charge on any atom is -0.392 e. The van der Waals surface area contributed by atoms with Crippen LogP contribution in [-0.2, 0) is 11.3 Å². The molecule has 2 aromatic rings. The molecule has 3 rings (SSSR count). The van der Waals surface area contributed by atoms with Crippen LogP contribution in [0, 0.1) is 11.8 Å². The topological polar surface area (TPSA) is 63.6 Å². The van der Waals surface area contributed by atoms with Gasteiger partial charge in [-0.1, -0.05) is 24.0 Å².